The number of aryl methyl sites for hydroxylation is 2. The molecule has 104 valence electrons. The van der Waals surface area contributed by atoms with Crippen molar-refractivity contribution in [2.45, 2.75) is 64.5 Å². The quantitative estimate of drug-likeness (QED) is 0.909. The van der Waals surface area contributed by atoms with E-state index in [1.54, 1.807) is 0 Å². The highest BCUT2D eigenvalue weighted by molar-refractivity contribution is 5.36. The molecule has 0 aliphatic heterocycles. The summed E-state index contributed by atoms with van der Waals surface area (Å²) in [6.45, 7) is 2.84. The summed E-state index contributed by atoms with van der Waals surface area (Å²) in [6, 6.07) is 2.22. The summed E-state index contributed by atoms with van der Waals surface area (Å²) in [5.74, 6) is 1.58. The lowest BCUT2D eigenvalue weighted by Crippen LogP contribution is -2.25. The topological polar surface area (TPSA) is 48.1 Å². The van der Waals surface area contributed by atoms with E-state index in [1.807, 2.05) is 0 Å². The number of ether oxygens (including phenoxy) is 1. The molecule has 19 heavy (non-hydrogen) atoms. The standard InChI is InChI=1S/C16H24N2O/c1-11-4-2-6-14(8-11)19-16-13(10-17)9-12-5-3-7-15(12)18-16/h9,11,14H,2-8,10,17H2,1H3. The van der Waals surface area contributed by atoms with Crippen molar-refractivity contribution in [3.63, 3.8) is 0 Å². The van der Waals surface area contributed by atoms with Crippen LogP contribution in [0.15, 0.2) is 6.07 Å². The Morgan fingerprint density at radius 3 is 3.00 bits per heavy atom. The summed E-state index contributed by atoms with van der Waals surface area (Å²) in [5.41, 5.74) is 9.55. The first kappa shape index (κ1) is 12.9. The molecule has 0 spiro atoms. The number of pyridine rings is 1. The molecule has 3 rings (SSSR count). The van der Waals surface area contributed by atoms with Gasteiger partial charge in [-0.15, -0.1) is 0 Å². The third-order valence-electron chi connectivity index (χ3n) is 4.48. The molecule has 3 heteroatoms. The van der Waals surface area contributed by atoms with Gasteiger partial charge in [-0.25, -0.2) is 4.98 Å². The van der Waals surface area contributed by atoms with Gasteiger partial charge >= 0.3 is 0 Å². The molecule has 1 aromatic rings. The first-order valence-corrected chi connectivity index (χ1v) is 7.64. The van der Waals surface area contributed by atoms with Crippen LogP contribution in [-0.4, -0.2) is 11.1 Å². The predicted octanol–water partition coefficient (Wildman–Crippen LogP) is 2.99. The molecule has 1 aromatic heterocycles. The fourth-order valence-corrected chi connectivity index (χ4v) is 3.39. The maximum atomic E-state index is 6.18. The Kier molecular flexibility index (Phi) is 3.74. The van der Waals surface area contributed by atoms with Crippen molar-refractivity contribution in [1.29, 1.82) is 0 Å². The maximum absolute atomic E-state index is 6.18. The zero-order valence-electron chi connectivity index (χ0n) is 11.8. The molecule has 3 nitrogen and oxygen atoms in total. The van der Waals surface area contributed by atoms with Crippen LogP contribution in [0.4, 0.5) is 0 Å². The van der Waals surface area contributed by atoms with Crippen molar-refractivity contribution < 1.29 is 4.74 Å². The third kappa shape index (κ3) is 2.76. The summed E-state index contributed by atoms with van der Waals surface area (Å²) < 4.78 is 6.18. The van der Waals surface area contributed by atoms with Crippen LogP contribution in [0.1, 0.15) is 55.8 Å². The molecule has 2 unspecified atom stereocenters. The SMILES string of the molecule is CC1CCCC(Oc2nc3c(cc2CN)CCC3)C1. The van der Waals surface area contributed by atoms with E-state index in [4.69, 9.17) is 15.5 Å². The van der Waals surface area contributed by atoms with Gasteiger partial charge in [-0.2, -0.15) is 0 Å². The van der Waals surface area contributed by atoms with Crippen LogP contribution in [0.25, 0.3) is 0 Å². The molecule has 0 saturated heterocycles. The average molecular weight is 260 g/mol. The Morgan fingerprint density at radius 1 is 1.32 bits per heavy atom. The predicted molar refractivity (Wildman–Crippen MR) is 76.2 cm³/mol. The van der Waals surface area contributed by atoms with E-state index >= 15 is 0 Å². The summed E-state index contributed by atoms with van der Waals surface area (Å²) in [4.78, 5) is 4.74. The van der Waals surface area contributed by atoms with Gasteiger partial charge < -0.3 is 10.5 Å². The van der Waals surface area contributed by atoms with Crippen molar-refractivity contribution in [2.24, 2.45) is 11.7 Å². The highest BCUT2D eigenvalue weighted by Crippen LogP contribution is 2.30. The molecule has 1 fully saturated rings. The van der Waals surface area contributed by atoms with Gasteiger partial charge in [0.2, 0.25) is 5.88 Å². The number of rotatable bonds is 3. The molecule has 0 aromatic carbocycles. The van der Waals surface area contributed by atoms with Gasteiger partial charge in [0, 0.05) is 17.8 Å². The number of aromatic nitrogens is 1. The van der Waals surface area contributed by atoms with E-state index in [9.17, 15) is 0 Å². The smallest absolute Gasteiger partial charge is 0.218 e. The lowest BCUT2D eigenvalue weighted by atomic mass is 9.89. The summed E-state index contributed by atoms with van der Waals surface area (Å²) in [5, 5.41) is 0. The fraction of sp³-hybridized carbons (Fsp3) is 0.688. The minimum Gasteiger partial charge on any atom is -0.474 e. The second-order valence-electron chi connectivity index (χ2n) is 6.13. The van der Waals surface area contributed by atoms with Crippen molar-refractivity contribution >= 4 is 0 Å². The van der Waals surface area contributed by atoms with Gasteiger partial charge in [-0.05, 0) is 56.1 Å². The molecule has 1 saturated carbocycles. The van der Waals surface area contributed by atoms with Crippen LogP contribution in [0.3, 0.4) is 0 Å². The molecule has 1 heterocycles. The number of nitrogens with two attached hydrogens (primary N) is 1. The highest BCUT2D eigenvalue weighted by atomic mass is 16.5. The van der Waals surface area contributed by atoms with Crippen LogP contribution in [0.5, 0.6) is 5.88 Å². The zero-order chi connectivity index (χ0) is 13.2. The van der Waals surface area contributed by atoms with Crippen molar-refractivity contribution in [3.05, 3.63) is 22.9 Å². The van der Waals surface area contributed by atoms with Gasteiger partial charge in [0.15, 0.2) is 0 Å². The fourth-order valence-electron chi connectivity index (χ4n) is 3.39. The van der Waals surface area contributed by atoms with Crippen molar-refractivity contribution in [1.82, 2.24) is 4.98 Å². The highest BCUT2D eigenvalue weighted by Gasteiger charge is 2.23. The number of hydrogen-bond donors (Lipinski definition) is 1. The van der Waals surface area contributed by atoms with E-state index in [2.05, 4.69) is 13.0 Å². The molecule has 2 aliphatic rings. The molecule has 0 bridgehead atoms. The van der Waals surface area contributed by atoms with Crippen LogP contribution < -0.4 is 10.5 Å². The van der Waals surface area contributed by atoms with Crippen LogP contribution in [0.2, 0.25) is 0 Å². The molecule has 2 atom stereocenters. The van der Waals surface area contributed by atoms with Crippen LogP contribution in [-0.2, 0) is 19.4 Å². The molecular weight excluding hydrogens is 236 g/mol. The van der Waals surface area contributed by atoms with E-state index in [0.29, 0.717) is 12.6 Å². The Hall–Kier alpha value is -1.09. The second-order valence-corrected chi connectivity index (χ2v) is 6.13. The van der Waals surface area contributed by atoms with E-state index in [-0.39, 0.29) is 0 Å². The average Bonchev–Trinajstić information content (AvgIpc) is 2.85. The van der Waals surface area contributed by atoms with Gasteiger partial charge in [0.25, 0.3) is 0 Å². The summed E-state index contributed by atoms with van der Waals surface area (Å²) in [6.07, 6.45) is 8.72. The first-order valence-electron chi connectivity index (χ1n) is 7.64. The molecule has 2 aliphatic carbocycles. The lowest BCUT2D eigenvalue weighted by Gasteiger charge is -2.27. The maximum Gasteiger partial charge on any atom is 0.218 e. The van der Waals surface area contributed by atoms with Crippen LogP contribution >= 0.6 is 0 Å². The van der Waals surface area contributed by atoms with Crippen LogP contribution in [0, 0.1) is 5.92 Å². The molecule has 2 N–H and O–H groups in total. The van der Waals surface area contributed by atoms with E-state index < -0.39 is 0 Å². The monoisotopic (exact) mass is 260 g/mol. The van der Waals surface area contributed by atoms with Gasteiger partial charge in [-0.3, -0.25) is 0 Å². The number of hydrogen-bond acceptors (Lipinski definition) is 3. The van der Waals surface area contributed by atoms with E-state index in [0.717, 1.165) is 43.0 Å². The van der Waals surface area contributed by atoms with Gasteiger partial charge in [0.05, 0.1) is 0 Å². The minimum absolute atomic E-state index is 0.334. The zero-order valence-corrected chi connectivity index (χ0v) is 11.8. The lowest BCUT2D eigenvalue weighted by molar-refractivity contribution is 0.122. The minimum atomic E-state index is 0.334. The third-order valence-corrected chi connectivity index (χ3v) is 4.48. The normalized spacial score (nSPS) is 26.2. The van der Waals surface area contributed by atoms with Crippen molar-refractivity contribution in [2.75, 3.05) is 0 Å². The largest absolute Gasteiger partial charge is 0.474 e. The molecular formula is C16H24N2O. The summed E-state index contributed by atoms with van der Waals surface area (Å²) in [7, 11) is 0. The Labute approximate surface area is 115 Å². The Balaban J connectivity index is 1.79. The first-order chi connectivity index (χ1) is 9.26. The Morgan fingerprint density at radius 2 is 2.21 bits per heavy atom. The number of nitrogens with zero attached hydrogens (tertiary/aromatic N) is 1. The van der Waals surface area contributed by atoms with Crippen molar-refractivity contribution in [3.8, 4) is 5.88 Å². The van der Waals surface area contributed by atoms with Gasteiger partial charge in [0.1, 0.15) is 6.10 Å². The van der Waals surface area contributed by atoms with E-state index in [1.165, 1.54) is 30.5 Å². The molecule has 0 amide bonds. The molecule has 0 radical (unpaired) electrons. The summed E-state index contributed by atoms with van der Waals surface area (Å²) >= 11 is 0. The Bertz CT molecular complexity index is 458. The van der Waals surface area contributed by atoms with Gasteiger partial charge in [-0.1, -0.05) is 13.3 Å². The second kappa shape index (κ2) is 5.49. The number of fused-ring (bicyclic) bond motifs is 1.